The fourth-order valence-corrected chi connectivity index (χ4v) is 3.09. The Labute approximate surface area is 119 Å². The number of Topliss-reactive ketones (excluding diaryl/α,β-unsaturated/α-hetero) is 1. The molecular formula is C16H21NO3. The van der Waals surface area contributed by atoms with Crippen LogP contribution in [0.15, 0.2) is 18.2 Å². The van der Waals surface area contributed by atoms with Gasteiger partial charge in [0.1, 0.15) is 5.75 Å². The summed E-state index contributed by atoms with van der Waals surface area (Å²) in [6.07, 6.45) is 2.11. The van der Waals surface area contributed by atoms with Crippen molar-refractivity contribution in [3.05, 3.63) is 29.3 Å². The fourth-order valence-electron chi connectivity index (χ4n) is 3.09. The van der Waals surface area contributed by atoms with Crippen LogP contribution in [0.2, 0.25) is 0 Å². The minimum atomic E-state index is 0.168. The summed E-state index contributed by atoms with van der Waals surface area (Å²) in [5.74, 6) is 1.09. The lowest BCUT2D eigenvalue weighted by atomic mass is 10.0. The van der Waals surface area contributed by atoms with Gasteiger partial charge in [0.15, 0.2) is 5.78 Å². The standard InChI is InChI=1S/C16H21NO3/c1-11-14(6-8-19-11)17(2)10-15(18)12-3-4-16-13(9-12)5-7-20-16/h3-4,9,11,14H,5-8,10H2,1-2H3. The van der Waals surface area contributed by atoms with Gasteiger partial charge in [0.2, 0.25) is 0 Å². The molecule has 0 aromatic heterocycles. The van der Waals surface area contributed by atoms with Gasteiger partial charge in [0, 0.05) is 24.6 Å². The molecule has 1 aromatic rings. The van der Waals surface area contributed by atoms with Crippen LogP contribution in [0.25, 0.3) is 0 Å². The Morgan fingerprint density at radius 2 is 2.25 bits per heavy atom. The molecule has 2 atom stereocenters. The molecule has 0 amide bonds. The second-order valence-electron chi connectivity index (χ2n) is 5.69. The van der Waals surface area contributed by atoms with Gasteiger partial charge in [-0.2, -0.15) is 0 Å². The normalized spacial score (nSPS) is 24.8. The van der Waals surface area contributed by atoms with E-state index in [4.69, 9.17) is 9.47 Å². The maximum Gasteiger partial charge on any atom is 0.176 e. The van der Waals surface area contributed by atoms with E-state index in [0.29, 0.717) is 12.6 Å². The van der Waals surface area contributed by atoms with E-state index in [1.807, 2.05) is 25.2 Å². The van der Waals surface area contributed by atoms with Crippen molar-refractivity contribution in [2.75, 3.05) is 26.8 Å². The van der Waals surface area contributed by atoms with E-state index >= 15 is 0 Å². The maximum atomic E-state index is 12.4. The van der Waals surface area contributed by atoms with Crippen molar-refractivity contribution in [3.63, 3.8) is 0 Å². The minimum Gasteiger partial charge on any atom is -0.493 e. The molecule has 0 saturated carbocycles. The second-order valence-corrected chi connectivity index (χ2v) is 5.69. The average Bonchev–Trinajstić information content (AvgIpc) is 3.05. The van der Waals surface area contributed by atoms with Gasteiger partial charge in [0.05, 0.1) is 19.3 Å². The summed E-state index contributed by atoms with van der Waals surface area (Å²) in [6.45, 7) is 4.04. The van der Waals surface area contributed by atoms with Gasteiger partial charge in [-0.1, -0.05) is 0 Å². The van der Waals surface area contributed by atoms with Crippen molar-refractivity contribution in [2.45, 2.75) is 31.9 Å². The van der Waals surface area contributed by atoms with Crippen molar-refractivity contribution in [1.82, 2.24) is 4.90 Å². The quantitative estimate of drug-likeness (QED) is 0.787. The summed E-state index contributed by atoms with van der Waals surface area (Å²) >= 11 is 0. The number of fused-ring (bicyclic) bond motifs is 1. The predicted octanol–water partition coefficient (Wildman–Crippen LogP) is 1.91. The molecule has 2 aliphatic heterocycles. The molecule has 1 fully saturated rings. The van der Waals surface area contributed by atoms with Crippen molar-refractivity contribution >= 4 is 5.78 Å². The molecule has 2 heterocycles. The highest BCUT2D eigenvalue weighted by Gasteiger charge is 2.29. The molecule has 2 aliphatic rings. The number of hydrogen-bond acceptors (Lipinski definition) is 4. The van der Waals surface area contributed by atoms with E-state index in [2.05, 4.69) is 11.8 Å². The molecule has 108 valence electrons. The summed E-state index contributed by atoms with van der Waals surface area (Å²) < 4.78 is 11.0. The van der Waals surface area contributed by atoms with Gasteiger partial charge in [0.25, 0.3) is 0 Å². The molecule has 20 heavy (non-hydrogen) atoms. The predicted molar refractivity (Wildman–Crippen MR) is 76.4 cm³/mol. The number of benzene rings is 1. The first-order valence-electron chi connectivity index (χ1n) is 7.26. The molecule has 1 aromatic carbocycles. The first kappa shape index (κ1) is 13.6. The number of rotatable bonds is 4. The van der Waals surface area contributed by atoms with Crippen LogP contribution in [0.5, 0.6) is 5.75 Å². The molecule has 0 spiro atoms. The maximum absolute atomic E-state index is 12.4. The number of carbonyl (C=O) groups excluding carboxylic acids is 1. The smallest absolute Gasteiger partial charge is 0.176 e. The molecule has 4 heteroatoms. The van der Waals surface area contributed by atoms with Crippen LogP contribution in [0, 0.1) is 0 Å². The molecule has 3 rings (SSSR count). The van der Waals surface area contributed by atoms with Crippen LogP contribution >= 0.6 is 0 Å². The van der Waals surface area contributed by atoms with E-state index in [0.717, 1.165) is 42.9 Å². The lowest BCUT2D eigenvalue weighted by Gasteiger charge is -2.25. The summed E-state index contributed by atoms with van der Waals surface area (Å²) in [4.78, 5) is 14.5. The molecule has 0 N–H and O–H groups in total. The van der Waals surface area contributed by atoms with Gasteiger partial charge < -0.3 is 9.47 Å². The highest BCUT2D eigenvalue weighted by atomic mass is 16.5. The van der Waals surface area contributed by atoms with Gasteiger partial charge in [-0.15, -0.1) is 0 Å². The highest BCUT2D eigenvalue weighted by molar-refractivity contribution is 5.98. The molecule has 1 saturated heterocycles. The lowest BCUT2D eigenvalue weighted by molar-refractivity contribution is 0.0745. The third-order valence-electron chi connectivity index (χ3n) is 4.31. The largest absolute Gasteiger partial charge is 0.493 e. The van der Waals surface area contributed by atoms with Crippen molar-refractivity contribution in [1.29, 1.82) is 0 Å². The topological polar surface area (TPSA) is 38.8 Å². The Morgan fingerprint density at radius 3 is 3.00 bits per heavy atom. The molecule has 2 unspecified atom stereocenters. The summed E-state index contributed by atoms with van der Waals surface area (Å²) in [5.41, 5.74) is 1.93. The molecule has 4 nitrogen and oxygen atoms in total. The third kappa shape index (κ3) is 2.58. The molecular weight excluding hydrogens is 254 g/mol. The third-order valence-corrected chi connectivity index (χ3v) is 4.31. The van der Waals surface area contributed by atoms with E-state index in [9.17, 15) is 4.79 Å². The Kier molecular flexibility index (Phi) is 3.76. The van der Waals surface area contributed by atoms with Crippen LogP contribution in [-0.2, 0) is 11.2 Å². The number of nitrogens with zero attached hydrogens (tertiary/aromatic N) is 1. The van der Waals surface area contributed by atoms with Crippen molar-refractivity contribution in [3.8, 4) is 5.75 Å². The zero-order chi connectivity index (χ0) is 14.1. The molecule has 0 aliphatic carbocycles. The molecule has 0 bridgehead atoms. The summed E-state index contributed by atoms with van der Waals surface area (Å²) in [7, 11) is 2.00. The zero-order valence-corrected chi connectivity index (χ0v) is 12.1. The fraction of sp³-hybridized carbons (Fsp3) is 0.562. The molecule has 0 radical (unpaired) electrons. The zero-order valence-electron chi connectivity index (χ0n) is 12.1. The number of ether oxygens (including phenoxy) is 2. The van der Waals surface area contributed by atoms with Gasteiger partial charge >= 0.3 is 0 Å². The van der Waals surface area contributed by atoms with E-state index in [1.54, 1.807) is 0 Å². The van der Waals surface area contributed by atoms with Gasteiger partial charge in [-0.3, -0.25) is 9.69 Å². The SMILES string of the molecule is CC1OCCC1N(C)CC(=O)c1ccc2c(c1)CCO2. The second kappa shape index (κ2) is 5.54. The number of likely N-dealkylation sites (N-methyl/N-ethyl adjacent to an activating group) is 1. The lowest BCUT2D eigenvalue weighted by Crippen LogP contribution is -2.39. The number of carbonyl (C=O) groups is 1. The van der Waals surface area contributed by atoms with E-state index in [-0.39, 0.29) is 11.9 Å². The number of hydrogen-bond donors (Lipinski definition) is 0. The van der Waals surface area contributed by atoms with Crippen molar-refractivity contribution in [2.24, 2.45) is 0 Å². The summed E-state index contributed by atoms with van der Waals surface area (Å²) in [5, 5.41) is 0. The number of ketones is 1. The van der Waals surface area contributed by atoms with Crippen LogP contribution in [-0.4, -0.2) is 49.6 Å². The Hall–Kier alpha value is -1.39. The van der Waals surface area contributed by atoms with Crippen LogP contribution < -0.4 is 4.74 Å². The summed E-state index contributed by atoms with van der Waals surface area (Å²) in [6, 6.07) is 6.11. The van der Waals surface area contributed by atoms with Gasteiger partial charge in [-0.25, -0.2) is 0 Å². The Morgan fingerprint density at radius 1 is 1.40 bits per heavy atom. The van der Waals surface area contributed by atoms with Crippen molar-refractivity contribution < 1.29 is 14.3 Å². The van der Waals surface area contributed by atoms with Crippen LogP contribution in [0.3, 0.4) is 0 Å². The van der Waals surface area contributed by atoms with E-state index < -0.39 is 0 Å². The van der Waals surface area contributed by atoms with E-state index in [1.165, 1.54) is 0 Å². The first-order chi connectivity index (χ1) is 9.65. The average molecular weight is 275 g/mol. The van der Waals surface area contributed by atoms with Gasteiger partial charge in [-0.05, 0) is 44.2 Å². The van der Waals surface area contributed by atoms with Crippen LogP contribution in [0.4, 0.5) is 0 Å². The monoisotopic (exact) mass is 275 g/mol. The minimum absolute atomic E-state index is 0.168. The Bertz CT molecular complexity index is 514. The van der Waals surface area contributed by atoms with Crippen LogP contribution in [0.1, 0.15) is 29.3 Å². The first-order valence-corrected chi connectivity index (χ1v) is 7.26. The highest BCUT2D eigenvalue weighted by Crippen LogP contribution is 2.26. The Balaban J connectivity index is 1.67.